The first-order valence-corrected chi connectivity index (χ1v) is 10.9. The van der Waals surface area contributed by atoms with Crippen LogP contribution in [0.5, 0.6) is 0 Å². The van der Waals surface area contributed by atoms with Gasteiger partial charge in [-0.05, 0) is 61.3 Å². The molecule has 0 radical (unpaired) electrons. The lowest BCUT2D eigenvalue weighted by Crippen LogP contribution is -2.45. The molecule has 6 nitrogen and oxygen atoms in total. The maximum absolute atomic E-state index is 12.5. The van der Waals surface area contributed by atoms with Gasteiger partial charge in [-0.2, -0.15) is 0 Å². The van der Waals surface area contributed by atoms with Gasteiger partial charge in [0, 0.05) is 55.6 Å². The number of hydrogen-bond donors (Lipinski definition) is 2. The van der Waals surface area contributed by atoms with E-state index in [1.165, 1.54) is 5.56 Å². The second-order valence-corrected chi connectivity index (χ2v) is 8.20. The van der Waals surface area contributed by atoms with E-state index in [1.54, 1.807) is 24.3 Å². The van der Waals surface area contributed by atoms with Gasteiger partial charge in [0.1, 0.15) is 0 Å². The molecule has 2 aromatic carbocycles. The van der Waals surface area contributed by atoms with E-state index in [-0.39, 0.29) is 17.7 Å². The minimum atomic E-state index is -0.154. The Morgan fingerprint density at radius 1 is 0.833 bits per heavy atom. The zero-order valence-electron chi connectivity index (χ0n) is 17.6. The number of nitrogens with zero attached hydrogens (tertiary/aromatic N) is 2. The molecule has 0 bridgehead atoms. The van der Waals surface area contributed by atoms with Crippen molar-refractivity contribution in [2.24, 2.45) is 5.92 Å². The molecule has 1 saturated heterocycles. The Bertz CT molecular complexity index is 867. The van der Waals surface area contributed by atoms with Crippen LogP contribution in [0.3, 0.4) is 0 Å². The highest BCUT2D eigenvalue weighted by molar-refractivity contribution is 6.04. The summed E-state index contributed by atoms with van der Waals surface area (Å²) in [6.45, 7) is 8.75. The summed E-state index contributed by atoms with van der Waals surface area (Å²) in [4.78, 5) is 29.3. The summed E-state index contributed by atoms with van der Waals surface area (Å²) in [7, 11) is 0. The van der Waals surface area contributed by atoms with E-state index in [4.69, 9.17) is 0 Å². The van der Waals surface area contributed by atoms with Gasteiger partial charge in [-0.15, -0.1) is 0 Å². The van der Waals surface area contributed by atoms with Crippen molar-refractivity contribution in [1.82, 2.24) is 9.80 Å². The zero-order valence-corrected chi connectivity index (χ0v) is 17.6. The monoisotopic (exact) mass is 406 g/mol. The van der Waals surface area contributed by atoms with Crippen LogP contribution in [0.1, 0.15) is 35.7 Å². The van der Waals surface area contributed by atoms with E-state index in [1.807, 2.05) is 12.1 Å². The van der Waals surface area contributed by atoms with Crippen LogP contribution in [0.15, 0.2) is 48.5 Å². The average molecular weight is 407 g/mol. The van der Waals surface area contributed by atoms with Gasteiger partial charge in [-0.1, -0.05) is 19.1 Å². The van der Waals surface area contributed by atoms with Gasteiger partial charge in [0.05, 0.1) is 0 Å². The lowest BCUT2D eigenvalue weighted by Gasteiger charge is -2.34. The first kappa shape index (κ1) is 20.6. The Morgan fingerprint density at radius 3 is 2.00 bits per heavy atom. The normalized spacial score (nSPS) is 17.5. The maximum atomic E-state index is 12.5. The standard InChI is InChI=1S/C24H30N4O2/c1-2-27-13-15-28(16-14-27)17-18-3-9-21(10-4-18)25-24(30)20-7-11-22(12-8-20)26-23(29)19-5-6-19/h3-4,7-12,19H,2,5-6,13-17H2,1H3,(H,25,30)(H,26,29). The zero-order chi connectivity index (χ0) is 20.9. The summed E-state index contributed by atoms with van der Waals surface area (Å²) in [5.74, 6) is 0.0786. The lowest BCUT2D eigenvalue weighted by atomic mass is 10.1. The topological polar surface area (TPSA) is 64.7 Å². The third-order valence-electron chi connectivity index (χ3n) is 5.89. The third-order valence-corrected chi connectivity index (χ3v) is 5.89. The molecule has 6 heteroatoms. The molecule has 2 fully saturated rings. The van der Waals surface area contributed by atoms with Crippen LogP contribution in [-0.4, -0.2) is 54.3 Å². The number of hydrogen-bond acceptors (Lipinski definition) is 4. The van der Waals surface area contributed by atoms with E-state index >= 15 is 0 Å². The van der Waals surface area contributed by atoms with Crippen LogP contribution in [0.25, 0.3) is 0 Å². The van der Waals surface area contributed by atoms with Crippen molar-refractivity contribution in [3.05, 3.63) is 59.7 Å². The first-order chi connectivity index (χ1) is 14.6. The smallest absolute Gasteiger partial charge is 0.255 e. The molecule has 4 rings (SSSR count). The van der Waals surface area contributed by atoms with Crippen molar-refractivity contribution in [1.29, 1.82) is 0 Å². The van der Waals surface area contributed by atoms with Crippen LogP contribution in [-0.2, 0) is 11.3 Å². The molecule has 1 saturated carbocycles. The van der Waals surface area contributed by atoms with Gasteiger partial charge < -0.3 is 15.5 Å². The van der Waals surface area contributed by atoms with Gasteiger partial charge in [0.2, 0.25) is 5.91 Å². The van der Waals surface area contributed by atoms with Gasteiger partial charge >= 0.3 is 0 Å². The number of piperazine rings is 1. The molecular weight excluding hydrogens is 376 g/mol. The Balaban J connectivity index is 1.27. The van der Waals surface area contributed by atoms with Crippen molar-refractivity contribution in [2.45, 2.75) is 26.3 Å². The number of rotatable bonds is 7. The molecule has 1 heterocycles. The van der Waals surface area contributed by atoms with Crippen LogP contribution < -0.4 is 10.6 Å². The highest BCUT2D eigenvalue weighted by Crippen LogP contribution is 2.30. The average Bonchev–Trinajstić information content (AvgIpc) is 3.62. The third kappa shape index (κ3) is 5.46. The second kappa shape index (κ2) is 9.41. The number of anilines is 2. The Hall–Kier alpha value is -2.70. The predicted octanol–water partition coefficient (Wildman–Crippen LogP) is 3.42. The summed E-state index contributed by atoms with van der Waals surface area (Å²) in [5.41, 5.74) is 3.34. The summed E-state index contributed by atoms with van der Waals surface area (Å²) in [6.07, 6.45) is 1.95. The molecular formula is C24H30N4O2. The second-order valence-electron chi connectivity index (χ2n) is 8.20. The Kier molecular flexibility index (Phi) is 6.45. The Morgan fingerprint density at radius 2 is 1.40 bits per heavy atom. The fraction of sp³-hybridized carbons (Fsp3) is 0.417. The molecule has 2 N–H and O–H groups in total. The molecule has 2 aliphatic rings. The summed E-state index contributed by atoms with van der Waals surface area (Å²) in [5, 5.41) is 5.83. The molecule has 2 aromatic rings. The van der Waals surface area contributed by atoms with Gasteiger partial charge in [-0.3, -0.25) is 14.5 Å². The van der Waals surface area contributed by atoms with E-state index in [0.717, 1.165) is 63.5 Å². The number of carbonyl (C=O) groups excluding carboxylic acids is 2. The lowest BCUT2D eigenvalue weighted by molar-refractivity contribution is -0.117. The van der Waals surface area contributed by atoms with Crippen molar-refractivity contribution >= 4 is 23.2 Å². The van der Waals surface area contributed by atoms with E-state index < -0.39 is 0 Å². The predicted molar refractivity (Wildman–Crippen MR) is 120 cm³/mol. The molecule has 2 amide bonds. The number of likely N-dealkylation sites (N-methyl/N-ethyl adjacent to an activating group) is 1. The molecule has 1 aliphatic carbocycles. The summed E-state index contributed by atoms with van der Waals surface area (Å²) < 4.78 is 0. The summed E-state index contributed by atoms with van der Waals surface area (Å²) in [6, 6.07) is 15.1. The highest BCUT2D eigenvalue weighted by Gasteiger charge is 2.29. The number of carbonyl (C=O) groups is 2. The first-order valence-electron chi connectivity index (χ1n) is 10.9. The van der Waals surface area contributed by atoms with Crippen molar-refractivity contribution < 1.29 is 9.59 Å². The number of amides is 2. The van der Waals surface area contributed by atoms with Gasteiger partial charge in [-0.25, -0.2) is 0 Å². The fourth-order valence-corrected chi connectivity index (χ4v) is 3.71. The van der Waals surface area contributed by atoms with Crippen LogP contribution >= 0.6 is 0 Å². The van der Waals surface area contributed by atoms with Crippen molar-refractivity contribution in [2.75, 3.05) is 43.4 Å². The molecule has 0 spiro atoms. The SMILES string of the molecule is CCN1CCN(Cc2ccc(NC(=O)c3ccc(NC(=O)C4CC4)cc3)cc2)CC1. The number of nitrogens with one attached hydrogen (secondary N) is 2. The van der Waals surface area contributed by atoms with Crippen molar-refractivity contribution in [3.63, 3.8) is 0 Å². The van der Waals surface area contributed by atoms with E-state index in [2.05, 4.69) is 39.5 Å². The minimum Gasteiger partial charge on any atom is -0.326 e. The van der Waals surface area contributed by atoms with E-state index in [9.17, 15) is 9.59 Å². The maximum Gasteiger partial charge on any atom is 0.255 e. The molecule has 1 aliphatic heterocycles. The number of benzene rings is 2. The molecule has 30 heavy (non-hydrogen) atoms. The largest absolute Gasteiger partial charge is 0.326 e. The molecule has 0 unspecified atom stereocenters. The van der Waals surface area contributed by atoms with Crippen LogP contribution in [0.2, 0.25) is 0 Å². The molecule has 0 atom stereocenters. The van der Waals surface area contributed by atoms with Gasteiger partial charge in [0.15, 0.2) is 0 Å². The van der Waals surface area contributed by atoms with Crippen LogP contribution in [0.4, 0.5) is 11.4 Å². The quantitative estimate of drug-likeness (QED) is 0.740. The molecule has 0 aromatic heterocycles. The minimum absolute atomic E-state index is 0.0690. The highest BCUT2D eigenvalue weighted by atomic mass is 16.2. The van der Waals surface area contributed by atoms with Crippen LogP contribution in [0, 0.1) is 5.92 Å². The molecule has 158 valence electrons. The summed E-state index contributed by atoms with van der Waals surface area (Å²) >= 11 is 0. The Labute approximate surface area is 178 Å². The fourth-order valence-electron chi connectivity index (χ4n) is 3.71. The van der Waals surface area contributed by atoms with Crippen molar-refractivity contribution in [3.8, 4) is 0 Å². The van der Waals surface area contributed by atoms with Gasteiger partial charge in [0.25, 0.3) is 5.91 Å². The van der Waals surface area contributed by atoms with E-state index in [0.29, 0.717) is 5.56 Å².